The molecule has 1 aromatic rings. The number of fused-ring (bicyclic) bond motifs is 2. The van der Waals surface area contributed by atoms with Gasteiger partial charge in [0.15, 0.2) is 0 Å². The number of amides is 1. The average molecular weight is 338 g/mol. The third-order valence-corrected chi connectivity index (χ3v) is 6.10. The minimum Gasteiger partial charge on any atom is -0.496 e. The summed E-state index contributed by atoms with van der Waals surface area (Å²) in [6.07, 6.45) is 4.36. The van der Waals surface area contributed by atoms with Crippen molar-refractivity contribution >= 4 is 15.9 Å². The fourth-order valence-electron chi connectivity index (χ4n) is 3.89. The molecule has 2 atom stereocenters. The molecule has 1 N–H and O–H groups in total. The van der Waals surface area contributed by atoms with E-state index in [2.05, 4.69) is 5.32 Å². The quantitative estimate of drug-likeness (QED) is 0.900. The van der Waals surface area contributed by atoms with Crippen LogP contribution in [0.4, 0.5) is 0 Å². The smallest absolute Gasteiger partial charge is 0.255 e. The van der Waals surface area contributed by atoms with Gasteiger partial charge >= 0.3 is 0 Å². The van der Waals surface area contributed by atoms with Crippen LogP contribution < -0.4 is 10.1 Å². The molecule has 126 valence electrons. The predicted octanol–water partition coefficient (Wildman–Crippen LogP) is 1.38. The molecule has 1 amide bonds. The minimum atomic E-state index is -3.18. The Morgan fingerprint density at radius 2 is 1.83 bits per heavy atom. The van der Waals surface area contributed by atoms with E-state index < -0.39 is 10.0 Å². The van der Waals surface area contributed by atoms with E-state index in [0.717, 1.165) is 12.8 Å². The lowest BCUT2D eigenvalue weighted by Gasteiger charge is -2.37. The Morgan fingerprint density at radius 3 is 2.39 bits per heavy atom. The topological polar surface area (TPSA) is 75.7 Å². The molecule has 23 heavy (non-hydrogen) atoms. The molecule has 0 saturated carbocycles. The summed E-state index contributed by atoms with van der Waals surface area (Å²) in [4.78, 5) is 12.5. The van der Waals surface area contributed by atoms with Crippen LogP contribution in [-0.4, -0.2) is 50.1 Å². The number of rotatable bonds is 4. The van der Waals surface area contributed by atoms with Crippen LogP contribution in [0.2, 0.25) is 0 Å². The first-order valence-electron chi connectivity index (χ1n) is 7.82. The molecule has 3 rings (SSSR count). The van der Waals surface area contributed by atoms with Crippen molar-refractivity contribution in [2.24, 2.45) is 0 Å². The van der Waals surface area contributed by atoms with Gasteiger partial charge < -0.3 is 10.1 Å². The number of carbonyl (C=O) groups is 1. The molecule has 2 heterocycles. The van der Waals surface area contributed by atoms with Gasteiger partial charge in [-0.3, -0.25) is 4.79 Å². The van der Waals surface area contributed by atoms with Gasteiger partial charge in [0.25, 0.3) is 5.91 Å². The fourth-order valence-corrected chi connectivity index (χ4v) is 5.35. The van der Waals surface area contributed by atoms with Gasteiger partial charge in [0, 0.05) is 18.1 Å². The Balaban J connectivity index is 1.70. The summed E-state index contributed by atoms with van der Waals surface area (Å²) in [5.41, 5.74) is 0.507. The molecule has 2 bridgehead atoms. The van der Waals surface area contributed by atoms with Crippen molar-refractivity contribution in [2.45, 2.75) is 43.8 Å². The SMILES string of the molecule is COc1ccccc1C(=O)NC1CC2CCC(C1)N2S(C)(=O)=O. The maximum atomic E-state index is 12.5. The molecule has 2 saturated heterocycles. The lowest BCUT2D eigenvalue weighted by Crippen LogP contribution is -2.52. The highest BCUT2D eigenvalue weighted by atomic mass is 32.2. The molecule has 0 radical (unpaired) electrons. The first-order chi connectivity index (χ1) is 10.9. The van der Waals surface area contributed by atoms with E-state index in [4.69, 9.17) is 4.74 Å². The summed E-state index contributed by atoms with van der Waals surface area (Å²) in [5, 5.41) is 3.04. The highest BCUT2D eigenvalue weighted by Gasteiger charge is 2.45. The molecule has 2 unspecified atom stereocenters. The number of ether oxygens (including phenoxy) is 1. The van der Waals surface area contributed by atoms with Crippen molar-refractivity contribution in [3.63, 3.8) is 0 Å². The number of sulfonamides is 1. The van der Waals surface area contributed by atoms with Crippen LogP contribution in [0.3, 0.4) is 0 Å². The monoisotopic (exact) mass is 338 g/mol. The van der Waals surface area contributed by atoms with Gasteiger partial charge in [-0.2, -0.15) is 4.31 Å². The molecular weight excluding hydrogens is 316 g/mol. The summed E-state index contributed by atoms with van der Waals surface area (Å²) in [7, 11) is -1.64. The molecule has 0 aliphatic carbocycles. The van der Waals surface area contributed by atoms with Gasteiger partial charge in [-0.15, -0.1) is 0 Å². The van der Waals surface area contributed by atoms with Crippen LogP contribution in [0.25, 0.3) is 0 Å². The zero-order chi connectivity index (χ0) is 16.6. The number of nitrogens with one attached hydrogen (secondary N) is 1. The number of hydrogen-bond donors (Lipinski definition) is 1. The van der Waals surface area contributed by atoms with Crippen molar-refractivity contribution in [1.29, 1.82) is 0 Å². The zero-order valence-corrected chi connectivity index (χ0v) is 14.2. The lowest BCUT2D eigenvalue weighted by molar-refractivity contribution is 0.0906. The summed E-state index contributed by atoms with van der Waals surface area (Å²) in [5.74, 6) is 0.376. The number of carbonyl (C=O) groups excluding carboxylic acids is 1. The highest BCUT2D eigenvalue weighted by Crippen LogP contribution is 2.37. The zero-order valence-electron chi connectivity index (χ0n) is 13.4. The van der Waals surface area contributed by atoms with Gasteiger partial charge in [-0.25, -0.2) is 8.42 Å². The van der Waals surface area contributed by atoms with E-state index in [-0.39, 0.29) is 24.0 Å². The van der Waals surface area contributed by atoms with Gasteiger partial charge in [0.2, 0.25) is 10.0 Å². The first-order valence-corrected chi connectivity index (χ1v) is 9.67. The van der Waals surface area contributed by atoms with Crippen LogP contribution >= 0.6 is 0 Å². The van der Waals surface area contributed by atoms with E-state index in [1.807, 2.05) is 6.07 Å². The molecule has 0 aromatic heterocycles. The van der Waals surface area contributed by atoms with Crippen molar-refractivity contribution in [1.82, 2.24) is 9.62 Å². The highest BCUT2D eigenvalue weighted by molar-refractivity contribution is 7.88. The maximum Gasteiger partial charge on any atom is 0.255 e. The Bertz CT molecular complexity index is 690. The number of piperidine rings is 1. The predicted molar refractivity (Wildman–Crippen MR) is 87.0 cm³/mol. The second kappa shape index (κ2) is 6.13. The van der Waals surface area contributed by atoms with Crippen LogP contribution in [0.1, 0.15) is 36.0 Å². The molecule has 0 spiro atoms. The Hall–Kier alpha value is -1.60. The van der Waals surface area contributed by atoms with Crippen molar-refractivity contribution in [3.05, 3.63) is 29.8 Å². The Kier molecular flexibility index (Phi) is 4.33. The molecule has 2 aliphatic rings. The molecule has 7 heteroatoms. The molecule has 1 aromatic carbocycles. The third kappa shape index (κ3) is 3.21. The molecule has 2 aliphatic heterocycles. The summed E-state index contributed by atoms with van der Waals surface area (Å²) in [6, 6.07) is 7.12. The normalized spacial score (nSPS) is 27.7. The molecule has 2 fully saturated rings. The lowest BCUT2D eigenvalue weighted by atomic mass is 9.99. The summed E-state index contributed by atoms with van der Waals surface area (Å²) >= 11 is 0. The van der Waals surface area contributed by atoms with Crippen LogP contribution in [0, 0.1) is 0 Å². The van der Waals surface area contributed by atoms with Gasteiger partial charge in [-0.1, -0.05) is 12.1 Å². The van der Waals surface area contributed by atoms with E-state index in [1.165, 1.54) is 13.4 Å². The standard InChI is InChI=1S/C16H22N2O4S/c1-22-15-6-4-3-5-14(15)16(19)17-11-9-12-7-8-13(10-11)18(12)23(2,20)21/h3-6,11-13H,7-10H2,1-2H3,(H,17,19). The van der Waals surface area contributed by atoms with Crippen LogP contribution in [0.15, 0.2) is 24.3 Å². The van der Waals surface area contributed by atoms with E-state index in [1.54, 1.807) is 22.5 Å². The summed E-state index contributed by atoms with van der Waals surface area (Å²) < 4.78 is 30.7. The first kappa shape index (κ1) is 16.3. The van der Waals surface area contributed by atoms with Crippen molar-refractivity contribution in [3.8, 4) is 5.75 Å². The largest absolute Gasteiger partial charge is 0.496 e. The fraction of sp³-hybridized carbons (Fsp3) is 0.562. The number of benzene rings is 1. The number of methoxy groups -OCH3 is 1. The Morgan fingerprint density at radius 1 is 1.22 bits per heavy atom. The molecule has 6 nitrogen and oxygen atoms in total. The van der Waals surface area contributed by atoms with Gasteiger partial charge in [-0.05, 0) is 37.8 Å². The van der Waals surface area contributed by atoms with Crippen molar-refractivity contribution in [2.75, 3.05) is 13.4 Å². The third-order valence-electron chi connectivity index (χ3n) is 4.74. The molecular formula is C16H22N2O4S. The van der Waals surface area contributed by atoms with E-state index >= 15 is 0 Å². The average Bonchev–Trinajstić information content (AvgIpc) is 2.79. The number of nitrogens with zero attached hydrogens (tertiary/aromatic N) is 1. The number of para-hydroxylation sites is 1. The van der Waals surface area contributed by atoms with Crippen LogP contribution in [0.5, 0.6) is 5.75 Å². The summed E-state index contributed by atoms with van der Waals surface area (Å²) in [6.45, 7) is 0. The van der Waals surface area contributed by atoms with Gasteiger partial charge in [0.05, 0.1) is 18.9 Å². The van der Waals surface area contributed by atoms with Gasteiger partial charge in [0.1, 0.15) is 5.75 Å². The second-order valence-corrected chi connectivity index (χ2v) is 8.21. The Labute approximate surface area is 136 Å². The van der Waals surface area contributed by atoms with E-state index in [9.17, 15) is 13.2 Å². The maximum absolute atomic E-state index is 12.5. The number of hydrogen-bond acceptors (Lipinski definition) is 4. The van der Waals surface area contributed by atoms with Crippen molar-refractivity contribution < 1.29 is 17.9 Å². The minimum absolute atomic E-state index is 0.00270. The van der Waals surface area contributed by atoms with E-state index in [0.29, 0.717) is 24.2 Å². The second-order valence-electron chi connectivity index (χ2n) is 6.32. The van der Waals surface area contributed by atoms with Crippen LogP contribution in [-0.2, 0) is 10.0 Å².